The molecule has 0 saturated heterocycles. The fourth-order valence-electron chi connectivity index (χ4n) is 6.82. The fourth-order valence-corrected chi connectivity index (χ4v) is 9.62. The summed E-state index contributed by atoms with van der Waals surface area (Å²) in [6.45, 7) is 7.87. The maximum atomic E-state index is 12.3. The molecule has 0 aromatic rings. The van der Waals surface area contributed by atoms with Gasteiger partial charge < -0.3 is 202 Å². The van der Waals surface area contributed by atoms with Crippen LogP contribution in [0.1, 0.15) is 108 Å². The normalized spacial score (nSPS) is 14.7. The lowest BCUT2D eigenvalue weighted by Gasteiger charge is -2.36. The second-order valence-corrected chi connectivity index (χ2v) is 30.4. The molecular formula is C68H146N2O42S2. The molecule has 0 aliphatic rings. The van der Waals surface area contributed by atoms with Crippen LogP contribution in [0.25, 0.3) is 0 Å². The Bertz CT molecular complexity index is 1980. The van der Waals surface area contributed by atoms with Gasteiger partial charge in [-0.05, 0) is 66.2 Å². The van der Waals surface area contributed by atoms with Gasteiger partial charge >= 0.3 is 24.1 Å². The number of nitrogens with one attached hydrogen (secondary N) is 2. The molecule has 0 spiro atoms. The summed E-state index contributed by atoms with van der Waals surface area (Å²) in [5.41, 5.74) is -3.95. The average Bonchev–Trinajstić information content (AvgIpc) is 0.814. The summed E-state index contributed by atoms with van der Waals surface area (Å²) in [6, 6.07) is -3.16. The summed E-state index contributed by atoms with van der Waals surface area (Å²) in [4.78, 5) is 48.5. The van der Waals surface area contributed by atoms with Gasteiger partial charge in [-0.3, -0.25) is 0 Å². The molecule has 0 radical (unpaired) electrons. The Morgan fingerprint density at radius 2 is 0.605 bits per heavy atom. The minimum atomic E-state index is -1.67. The number of carbonyl (C=O) groups excluding carboxylic acids is 2. The molecule has 0 bridgehead atoms. The number of ether oxygens (including phenoxy) is 6. The number of aliphatic carboxylic acids is 2. The first-order valence-electron chi connectivity index (χ1n) is 36.4. The topological polar surface area (TPSA) is 795 Å². The highest BCUT2D eigenvalue weighted by Gasteiger charge is 2.45. The molecule has 0 fully saturated rings. The molecule has 692 valence electrons. The van der Waals surface area contributed by atoms with Gasteiger partial charge in [0.15, 0.2) is 0 Å². The van der Waals surface area contributed by atoms with E-state index in [1.54, 1.807) is 0 Å². The van der Waals surface area contributed by atoms with E-state index in [4.69, 9.17) is 146 Å². The largest absolute Gasteiger partial charge is 0.480 e. The molecule has 0 rings (SSSR count). The molecule has 44 nitrogen and oxygen atoms in total. The third-order valence-electron chi connectivity index (χ3n) is 16.6. The number of hydrogen-bond donors (Lipinski definition) is 34. The lowest BCUT2D eigenvalue weighted by atomic mass is 9.84. The highest BCUT2D eigenvalue weighted by Crippen LogP contribution is 2.47. The predicted molar refractivity (Wildman–Crippen MR) is 410 cm³/mol. The van der Waals surface area contributed by atoms with E-state index in [0.29, 0.717) is 25.7 Å². The van der Waals surface area contributed by atoms with E-state index in [2.05, 4.69) is 10.6 Å². The fraction of sp³-hybridized carbons (Fsp3) is 0.941. The number of carbonyl (C=O) groups is 4. The highest BCUT2D eigenvalue weighted by atomic mass is 33.1. The number of hydrogen-bond acceptors (Lipinski definition) is 42. The molecular weight excluding hydrogens is 1580 g/mol. The van der Waals surface area contributed by atoms with Crippen molar-refractivity contribution in [2.45, 2.75) is 203 Å². The van der Waals surface area contributed by atoms with E-state index >= 15 is 0 Å². The SMILES string of the molecule is CC(C)(SSC(C)(C)C(NC(=O)OCC(CO)(CO)CO)C(=O)O)C(NC(=O)OCC(CO)(CO)CO)C(=O)O.CCC(CC)(CO)CO.CCC(CO)(CO)CO.CCC(CO)OCC(O)COC(CO)CO.CCC(O)CO.CCC(O)COCC(O)CO.OCC(CO)OC(CO)CO.OCC(O)C(O)C(O)C(O)CO. The van der Waals surface area contributed by atoms with Gasteiger partial charge in [-0.1, -0.05) is 63.1 Å². The summed E-state index contributed by atoms with van der Waals surface area (Å²) in [6.07, 6.45) is -9.63. The van der Waals surface area contributed by atoms with Gasteiger partial charge in [-0.15, -0.1) is 0 Å². The average molecular weight is 1730 g/mol. The maximum absolute atomic E-state index is 12.3. The van der Waals surface area contributed by atoms with Crippen molar-refractivity contribution < 1.29 is 211 Å². The van der Waals surface area contributed by atoms with Crippen molar-refractivity contribution in [3.05, 3.63) is 0 Å². The van der Waals surface area contributed by atoms with Crippen molar-refractivity contribution in [1.82, 2.24) is 10.6 Å². The Labute approximate surface area is 674 Å². The van der Waals surface area contributed by atoms with E-state index in [0.717, 1.165) is 34.4 Å². The van der Waals surface area contributed by atoms with Gasteiger partial charge in [0.1, 0.15) is 80.2 Å². The summed E-state index contributed by atoms with van der Waals surface area (Å²) < 4.78 is 27.1. The number of aliphatic hydroxyl groups excluding tert-OH is 30. The first-order chi connectivity index (χ1) is 53.4. The molecule has 0 saturated carbocycles. The lowest BCUT2D eigenvalue weighted by Crippen LogP contribution is -2.55. The number of aliphatic hydroxyl groups is 30. The molecule has 0 heterocycles. The van der Waals surface area contributed by atoms with Crippen LogP contribution in [0.4, 0.5) is 9.59 Å². The van der Waals surface area contributed by atoms with Crippen molar-refractivity contribution in [2.24, 2.45) is 21.7 Å². The molecule has 0 aliphatic heterocycles. The number of carboxylic acids is 2. The lowest BCUT2D eigenvalue weighted by molar-refractivity contribution is -0.141. The van der Waals surface area contributed by atoms with Crippen molar-refractivity contribution in [1.29, 1.82) is 0 Å². The Balaban J connectivity index is -0.000000209. The minimum Gasteiger partial charge on any atom is -0.480 e. The molecule has 11 atom stereocenters. The van der Waals surface area contributed by atoms with E-state index < -0.39 is 195 Å². The van der Waals surface area contributed by atoms with Crippen molar-refractivity contribution in [3.63, 3.8) is 0 Å². The van der Waals surface area contributed by atoms with Crippen LogP contribution in [0.3, 0.4) is 0 Å². The van der Waals surface area contributed by atoms with Crippen LogP contribution in [0.5, 0.6) is 0 Å². The molecule has 114 heavy (non-hydrogen) atoms. The summed E-state index contributed by atoms with van der Waals surface area (Å²) in [5, 5.41) is 288. The van der Waals surface area contributed by atoms with Crippen LogP contribution in [-0.4, -0.2) is 467 Å². The van der Waals surface area contributed by atoms with Crippen molar-refractivity contribution in [2.75, 3.05) is 185 Å². The third-order valence-corrected chi connectivity index (χ3v) is 20.9. The van der Waals surface area contributed by atoms with Crippen LogP contribution >= 0.6 is 21.6 Å². The van der Waals surface area contributed by atoms with Crippen molar-refractivity contribution >= 4 is 45.7 Å². The molecule has 0 aromatic carbocycles. The summed E-state index contributed by atoms with van der Waals surface area (Å²) in [5.74, 6) is -2.91. The zero-order valence-corrected chi connectivity index (χ0v) is 69.0. The summed E-state index contributed by atoms with van der Waals surface area (Å²) >= 11 is 0. The van der Waals surface area contributed by atoms with Gasteiger partial charge in [0.25, 0.3) is 0 Å². The first-order valence-corrected chi connectivity index (χ1v) is 38.6. The number of amides is 2. The van der Waals surface area contributed by atoms with Gasteiger partial charge in [0, 0.05) is 10.8 Å². The standard InChI is InChI=1S/C22H40N2O14S2.C10H22O6.C7H16O4.C7H16O2.C6H14O6.C6H14O5.C6H14O3.C4H10O2/c1-19(2,13(15(31)32)23-17(35)37-11-21(5-25,6-26)7-27)39-40-20(3,4)14(16(33)34)24-18(36)38-12-22(8-28,9-29)10-30;1-2-9(3-11)15-6-8(14)7-16-10(4-12)5-13;1-2-6(9)4-11-5-7(10)3-8;1-3-7(4-2,5-8)6-9;7-1-3(9)5(11)6(12)4(10)2-8;7-1-5(2-8)11-6(3-9)4-10;1-2-6(3-7,4-8)5-9;1-2-4(6)3-5/h13-14,25-30H,5-12H2,1-4H3,(H,23,35)(H,24,36)(H,31,32)(H,33,34);8-14H,2-7H2,1H3;6-10H,2-5H2,1H3;8-9H,3-6H2,1-2H3;3-12H,1-2H2;5-10H,1-4H2;7-9H,2-5H2,1H3;4-6H,2-3H2,1H3. The van der Waals surface area contributed by atoms with E-state index in [-0.39, 0.29) is 130 Å². The Kier molecular flexibility index (Phi) is 84.3. The van der Waals surface area contributed by atoms with Crippen LogP contribution in [0, 0.1) is 21.7 Å². The Hall–Kier alpha value is -3.18. The van der Waals surface area contributed by atoms with E-state index in [9.17, 15) is 65.1 Å². The number of carboxylic acid groups (broad SMARTS) is 2. The quantitative estimate of drug-likeness (QED) is 0.0251. The summed E-state index contributed by atoms with van der Waals surface area (Å²) in [7, 11) is 1.79. The minimum absolute atomic E-state index is 0.0202. The second-order valence-electron chi connectivity index (χ2n) is 26.9. The second kappa shape index (κ2) is 76.0. The van der Waals surface area contributed by atoms with Gasteiger partial charge in [0.2, 0.25) is 0 Å². The highest BCUT2D eigenvalue weighted by molar-refractivity contribution is 8.77. The van der Waals surface area contributed by atoms with Crippen LogP contribution in [0.2, 0.25) is 0 Å². The Morgan fingerprint density at radius 3 is 0.807 bits per heavy atom. The van der Waals surface area contributed by atoms with Crippen molar-refractivity contribution in [3.8, 4) is 0 Å². The molecule has 34 N–H and O–H groups in total. The first kappa shape index (κ1) is 126. The Morgan fingerprint density at radius 1 is 0.325 bits per heavy atom. The maximum Gasteiger partial charge on any atom is 0.407 e. The molecule has 2 amide bonds. The van der Waals surface area contributed by atoms with Crippen LogP contribution in [0.15, 0.2) is 0 Å². The smallest absolute Gasteiger partial charge is 0.407 e. The molecule has 46 heteroatoms. The zero-order chi connectivity index (χ0) is 90.5. The monoisotopic (exact) mass is 1730 g/mol. The van der Waals surface area contributed by atoms with Gasteiger partial charge in [0.05, 0.1) is 210 Å². The molecule has 11 unspecified atom stereocenters. The van der Waals surface area contributed by atoms with Gasteiger partial charge in [-0.2, -0.15) is 0 Å². The molecule has 0 aliphatic carbocycles. The van der Waals surface area contributed by atoms with E-state index in [1.807, 2.05) is 41.5 Å². The number of alkyl carbamates (subject to hydrolysis) is 2. The van der Waals surface area contributed by atoms with Crippen LogP contribution < -0.4 is 10.6 Å². The van der Waals surface area contributed by atoms with E-state index in [1.165, 1.54) is 27.7 Å². The third kappa shape index (κ3) is 59.5. The van der Waals surface area contributed by atoms with Crippen LogP contribution in [-0.2, 0) is 38.0 Å². The number of rotatable bonds is 56. The zero-order valence-electron chi connectivity index (χ0n) is 67.3. The predicted octanol–water partition coefficient (Wildman–Crippen LogP) is -10.1. The molecule has 0 aromatic heterocycles. The van der Waals surface area contributed by atoms with Gasteiger partial charge in [-0.25, -0.2) is 19.2 Å².